The summed E-state index contributed by atoms with van der Waals surface area (Å²) in [6, 6.07) is 11.2. The predicted molar refractivity (Wildman–Crippen MR) is 97.2 cm³/mol. The van der Waals surface area contributed by atoms with Crippen LogP contribution in [-0.2, 0) is 11.3 Å². The molecule has 0 unspecified atom stereocenters. The van der Waals surface area contributed by atoms with Crippen molar-refractivity contribution in [2.75, 3.05) is 10.6 Å². The zero-order chi connectivity index (χ0) is 18.7. The van der Waals surface area contributed by atoms with Crippen LogP contribution >= 0.6 is 0 Å². The van der Waals surface area contributed by atoms with Gasteiger partial charge in [0.25, 0.3) is 0 Å². The monoisotopic (exact) mass is 353 g/mol. The fourth-order valence-corrected chi connectivity index (χ4v) is 2.35. The van der Waals surface area contributed by atoms with Crippen LogP contribution in [0.2, 0.25) is 0 Å². The van der Waals surface area contributed by atoms with Crippen LogP contribution in [0.25, 0.3) is 5.65 Å². The van der Waals surface area contributed by atoms with Gasteiger partial charge in [0.15, 0.2) is 5.65 Å². The van der Waals surface area contributed by atoms with Crippen LogP contribution in [0.4, 0.5) is 11.6 Å². The van der Waals surface area contributed by atoms with Crippen molar-refractivity contribution < 1.29 is 14.7 Å². The minimum atomic E-state index is -1.12. The Hall–Kier alpha value is -3.42. The summed E-state index contributed by atoms with van der Waals surface area (Å²) in [6.45, 7) is 4.04. The van der Waals surface area contributed by atoms with Gasteiger partial charge in [-0.25, -0.2) is 9.31 Å². The van der Waals surface area contributed by atoms with E-state index < -0.39 is 5.97 Å². The lowest BCUT2D eigenvalue weighted by Gasteiger charge is -2.08. The molecular weight excluding hydrogens is 334 g/mol. The van der Waals surface area contributed by atoms with Gasteiger partial charge < -0.3 is 10.4 Å². The number of amides is 1. The molecule has 1 aromatic carbocycles. The Morgan fingerprint density at radius 2 is 1.96 bits per heavy atom. The number of nitrogens with zero attached hydrogens (tertiary/aromatic N) is 3. The summed E-state index contributed by atoms with van der Waals surface area (Å²) in [5, 5.41) is 19.4. The van der Waals surface area contributed by atoms with Crippen LogP contribution in [0.15, 0.2) is 42.6 Å². The Bertz CT molecular complexity index is 950. The van der Waals surface area contributed by atoms with Crippen molar-refractivity contribution in [2.45, 2.75) is 20.4 Å². The standard InChI is InChI=1S/C18H19N5O3/c1-11(2)16(24)21-18-20-15-14(17(25)26)8-13(10-23(15)22-18)19-9-12-6-4-3-5-7-12/h3-8,10-11,19H,9H2,1-2H3,(H,25,26)(H,21,22,24). The molecule has 0 atom stereocenters. The number of nitrogens with one attached hydrogen (secondary N) is 2. The lowest BCUT2D eigenvalue weighted by molar-refractivity contribution is -0.118. The number of carboxylic acid groups (broad SMARTS) is 1. The molecule has 3 N–H and O–H groups in total. The minimum absolute atomic E-state index is 0.000563. The number of hydrogen-bond acceptors (Lipinski definition) is 5. The van der Waals surface area contributed by atoms with Crippen LogP contribution in [0.1, 0.15) is 29.8 Å². The van der Waals surface area contributed by atoms with Crippen molar-refractivity contribution in [3.8, 4) is 0 Å². The van der Waals surface area contributed by atoms with E-state index in [-0.39, 0.29) is 29.0 Å². The van der Waals surface area contributed by atoms with E-state index in [0.717, 1.165) is 5.56 Å². The largest absolute Gasteiger partial charge is 0.478 e. The number of anilines is 2. The quantitative estimate of drug-likeness (QED) is 0.629. The third-order valence-electron chi connectivity index (χ3n) is 3.76. The van der Waals surface area contributed by atoms with Crippen molar-refractivity contribution in [2.24, 2.45) is 5.92 Å². The van der Waals surface area contributed by atoms with E-state index in [0.29, 0.717) is 12.2 Å². The SMILES string of the molecule is CC(C)C(=O)Nc1nc2c(C(=O)O)cc(NCc3ccccc3)cn2n1. The fraction of sp³-hybridized carbons (Fsp3) is 0.222. The van der Waals surface area contributed by atoms with Gasteiger partial charge in [-0.2, -0.15) is 4.98 Å². The summed E-state index contributed by atoms with van der Waals surface area (Å²) in [7, 11) is 0. The van der Waals surface area contributed by atoms with Crippen LogP contribution in [0.5, 0.6) is 0 Å². The average molecular weight is 353 g/mol. The first kappa shape index (κ1) is 17.4. The Balaban J connectivity index is 1.90. The molecule has 0 saturated heterocycles. The van der Waals surface area contributed by atoms with E-state index in [1.165, 1.54) is 10.6 Å². The zero-order valence-corrected chi connectivity index (χ0v) is 14.4. The minimum Gasteiger partial charge on any atom is -0.478 e. The van der Waals surface area contributed by atoms with Gasteiger partial charge >= 0.3 is 5.97 Å². The van der Waals surface area contributed by atoms with Gasteiger partial charge in [0.1, 0.15) is 5.56 Å². The number of pyridine rings is 1. The Kier molecular flexibility index (Phi) is 4.83. The van der Waals surface area contributed by atoms with Crippen LogP contribution < -0.4 is 10.6 Å². The normalized spacial score (nSPS) is 10.9. The highest BCUT2D eigenvalue weighted by Gasteiger charge is 2.17. The molecule has 0 bridgehead atoms. The number of benzene rings is 1. The van der Waals surface area contributed by atoms with Crippen LogP contribution in [0.3, 0.4) is 0 Å². The van der Waals surface area contributed by atoms with Gasteiger partial charge in [-0.15, -0.1) is 5.10 Å². The molecule has 0 aliphatic carbocycles. The van der Waals surface area contributed by atoms with Crippen LogP contribution in [0, 0.1) is 5.92 Å². The molecule has 0 aliphatic rings. The third-order valence-corrected chi connectivity index (χ3v) is 3.76. The first-order chi connectivity index (χ1) is 12.4. The molecule has 0 saturated carbocycles. The summed E-state index contributed by atoms with van der Waals surface area (Å²) in [4.78, 5) is 27.5. The topological polar surface area (TPSA) is 109 Å². The highest BCUT2D eigenvalue weighted by Crippen LogP contribution is 2.18. The molecule has 8 heteroatoms. The Labute approximate surface area is 149 Å². The average Bonchev–Trinajstić information content (AvgIpc) is 3.02. The molecule has 8 nitrogen and oxygen atoms in total. The summed E-state index contributed by atoms with van der Waals surface area (Å²) >= 11 is 0. The van der Waals surface area contributed by atoms with Gasteiger partial charge in [-0.1, -0.05) is 44.2 Å². The van der Waals surface area contributed by atoms with Crippen molar-refractivity contribution >= 4 is 29.2 Å². The summed E-state index contributed by atoms with van der Waals surface area (Å²) in [6.07, 6.45) is 1.64. The number of aromatic carboxylic acids is 1. The first-order valence-electron chi connectivity index (χ1n) is 8.16. The lowest BCUT2D eigenvalue weighted by Crippen LogP contribution is -2.18. The second kappa shape index (κ2) is 7.22. The number of carbonyl (C=O) groups is 2. The van der Waals surface area contributed by atoms with Gasteiger partial charge in [-0.3, -0.25) is 10.1 Å². The summed E-state index contributed by atoms with van der Waals surface area (Å²) in [5.41, 5.74) is 1.82. The van der Waals surface area contributed by atoms with Gasteiger partial charge in [0.05, 0.1) is 11.9 Å². The van der Waals surface area contributed by atoms with E-state index in [4.69, 9.17) is 0 Å². The number of fused-ring (bicyclic) bond motifs is 1. The molecule has 3 rings (SSSR count). The molecule has 2 heterocycles. The van der Waals surface area contributed by atoms with Crippen LogP contribution in [-0.4, -0.2) is 31.6 Å². The Morgan fingerprint density at radius 1 is 1.23 bits per heavy atom. The highest BCUT2D eigenvalue weighted by atomic mass is 16.4. The van der Waals surface area contributed by atoms with E-state index in [1.54, 1.807) is 20.0 Å². The molecule has 0 aliphatic heterocycles. The molecule has 3 aromatic rings. The second-order valence-corrected chi connectivity index (χ2v) is 6.13. The molecule has 2 aromatic heterocycles. The number of carboxylic acids is 1. The molecule has 26 heavy (non-hydrogen) atoms. The lowest BCUT2D eigenvalue weighted by atomic mass is 10.2. The summed E-state index contributed by atoms with van der Waals surface area (Å²) < 4.78 is 1.35. The molecule has 134 valence electrons. The van der Waals surface area contributed by atoms with Gasteiger partial charge in [-0.05, 0) is 11.6 Å². The van der Waals surface area contributed by atoms with E-state index in [9.17, 15) is 14.7 Å². The van der Waals surface area contributed by atoms with E-state index >= 15 is 0 Å². The van der Waals surface area contributed by atoms with E-state index in [2.05, 4.69) is 20.7 Å². The molecule has 0 radical (unpaired) electrons. The molecule has 0 fully saturated rings. The maximum Gasteiger partial charge on any atom is 0.339 e. The molecule has 0 spiro atoms. The van der Waals surface area contributed by atoms with Gasteiger partial charge in [0, 0.05) is 12.5 Å². The first-order valence-corrected chi connectivity index (χ1v) is 8.16. The number of carbonyl (C=O) groups excluding carboxylic acids is 1. The number of aromatic nitrogens is 3. The smallest absolute Gasteiger partial charge is 0.339 e. The maximum atomic E-state index is 11.8. The van der Waals surface area contributed by atoms with Gasteiger partial charge in [0.2, 0.25) is 11.9 Å². The number of rotatable bonds is 6. The van der Waals surface area contributed by atoms with Crippen molar-refractivity contribution in [1.29, 1.82) is 0 Å². The zero-order valence-electron chi connectivity index (χ0n) is 14.4. The molecule has 1 amide bonds. The highest BCUT2D eigenvalue weighted by molar-refractivity contribution is 5.96. The Morgan fingerprint density at radius 3 is 2.62 bits per heavy atom. The molecular formula is C18H19N5O3. The van der Waals surface area contributed by atoms with E-state index in [1.807, 2.05) is 30.3 Å². The number of hydrogen-bond donors (Lipinski definition) is 3. The third kappa shape index (κ3) is 3.80. The van der Waals surface area contributed by atoms with Crippen molar-refractivity contribution in [1.82, 2.24) is 14.6 Å². The summed E-state index contributed by atoms with van der Waals surface area (Å²) in [5.74, 6) is -1.51. The predicted octanol–water partition coefficient (Wildman–Crippen LogP) is 2.63. The van der Waals surface area contributed by atoms with Crippen molar-refractivity contribution in [3.63, 3.8) is 0 Å². The maximum absolute atomic E-state index is 11.8. The second-order valence-electron chi connectivity index (χ2n) is 6.13. The van der Waals surface area contributed by atoms with Crippen molar-refractivity contribution in [3.05, 3.63) is 53.7 Å². The fourth-order valence-electron chi connectivity index (χ4n) is 2.35.